The molecule has 0 radical (unpaired) electrons. The Morgan fingerprint density at radius 2 is 2.15 bits per heavy atom. The molecule has 1 aromatic heterocycles. The van der Waals surface area contributed by atoms with Gasteiger partial charge in [-0.05, 0) is 49.2 Å². The van der Waals surface area contributed by atoms with Gasteiger partial charge >= 0.3 is 6.36 Å². The summed E-state index contributed by atoms with van der Waals surface area (Å²) in [6, 6.07) is 6.26. The lowest BCUT2D eigenvalue weighted by molar-refractivity contribution is -0.274. The Balaban J connectivity index is 1.41. The van der Waals surface area contributed by atoms with Gasteiger partial charge in [-0.15, -0.1) is 24.5 Å². The van der Waals surface area contributed by atoms with E-state index in [-0.39, 0.29) is 23.2 Å². The summed E-state index contributed by atoms with van der Waals surface area (Å²) in [6.45, 7) is 2.15. The van der Waals surface area contributed by atoms with Crippen LogP contribution in [0.1, 0.15) is 28.9 Å². The molecular formula is C18H17F3N2O2S. The summed E-state index contributed by atoms with van der Waals surface area (Å²) in [5.74, 6) is 0.0258. The van der Waals surface area contributed by atoms with Gasteiger partial charge in [0.1, 0.15) is 5.75 Å². The second-order valence-corrected chi connectivity index (χ2v) is 8.43. The molecule has 1 aromatic carbocycles. The highest BCUT2D eigenvalue weighted by molar-refractivity contribution is 7.21. The maximum atomic E-state index is 12.8. The van der Waals surface area contributed by atoms with Gasteiger partial charge in [-0.2, -0.15) is 0 Å². The molecular weight excluding hydrogens is 365 g/mol. The van der Waals surface area contributed by atoms with E-state index in [0.717, 1.165) is 43.7 Å². The predicted octanol–water partition coefficient (Wildman–Crippen LogP) is 3.77. The first-order valence-electron chi connectivity index (χ1n) is 8.70. The number of thiophene rings is 1. The van der Waals surface area contributed by atoms with Crippen LogP contribution in [0.2, 0.25) is 0 Å². The number of benzene rings is 1. The number of hydrogen-bond donors (Lipinski definition) is 1. The zero-order valence-corrected chi connectivity index (χ0v) is 14.6. The molecule has 3 fully saturated rings. The maximum absolute atomic E-state index is 12.8. The van der Waals surface area contributed by atoms with E-state index in [1.165, 1.54) is 12.1 Å². The molecule has 3 heterocycles. The minimum atomic E-state index is -4.75. The highest BCUT2D eigenvalue weighted by atomic mass is 32.1. The third-order valence-electron chi connectivity index (χ3n) is 5.91. The van der Waals surface area contributed by atoms with Gasteiger partial charge in [-0.1, -0.05) is 12.1 Å². The smallest absolute Gasteiger partial charge is 0.404 e. The summed E-state index contributed by atoms with van der Waals surface area (Å²) in [6.07, 6.45) is -1.42. The van der Waals surface area contributed by atoms with Crippen LogP contribution in [-0.2, 0) is 0 Å². The SMILES string of the molecule is O=C(N[C@@H]1C2CCN(C2)C12CC2)c1cc2cccc(OC(F)(F)F)c2s1. The summed E-state index contributed by atoms with van der Waals surface area (Å²) in [7, 11) is 0. The number of fused-ring (bicyclic) bond motifs is 4. The fourth-order valence-electron chi connectivity index (χ4n) is 4.67. The zero-order valence-electron chi connectivity index (χ0n) is 13.8. The molecule has 1 aliphatic carbocycles. The van der Waals surface area contributed by atoms with Gasteiger partial charge in [-0.25, -0.2) is 0 Å². The molecule has 1 N–H and O–H groups in total. The van der Waals surface area contributed by atoms with E-state index in [4.69, 9.17) is 0 Å². The third kappa shape index (κ3) is 2.50. The van der Waals surface area contributed by atoms with Crippen molar-refractivity contribution in [2.24, 2.45) is 5.92 Å². The maximum Gasteiger partial charge on any atom is 0.573 e. The molecule has 2 aliphatic heterocycles. The van der Waals surface area contributed by atoms with Crippen molar-refractivity contribution in [2.75, 3.05) is 13.1 Å². The van der Waals surface area contributed by atoms with E-state index >= 15 is 0 Å². The number of alkyl halides is 3. The standard InChI is InChI=1S/C18H17F3N2O2S/c19-18(20,21)25-12-3-1-2-10-8-13(26-14(10)12)16(24)22-15-11-4-7-23(9-11)17(15)5-6-17/h1-3,8,11,15H,4-7,9H2,(H,22,24)/t11?,15-/m1/s1. The van der Waals surface area contributed by atoms with Crippen LogP contribution < -0.4 is 10.1 Å². The number of nitrogens with zero attached hydrogens (tertiary/aromatic N) is 1. The normalized spacial score (nSPS) is 28.7. The Morgan fingerprint density at radius 3 is 2.88 bits per heavy atom. The lowest BCUT2D eigenvalue weighted by atomic mass is 9.92. The molecule has 2 aromatic rings. The van der Waals surface area contributed by atoms with Crippen molar-refractivity contribution < 1.29 is 22.7 Å². The molecule has 4 nitrogen and oxygen atoms in total. The van der Waals surface area contributed by atoms with Crippen molar-refractivity contribution in [3.05, 3.63) is 29.1 Å². The largest absolute Gasteiger partial charge is 0.573 e. The number of amides is 1. The number of carbonyl (C=O) groups is 1. The third-order valence-corrected chi connectivity index (χ3v) is 7.08. The predicted molar refractivity (Wildman–Crippen MR) is 91.4 cm³/mol. The molecule has 8 heteroatoms. The summed E-state index contributed by atoms with van der Waals surface area (Å²) in [4.78, 5) is 15.7. The average Bonchev–Trinajstić information content (AvgIpc) is 2.96. The molecule has 1 saturated carbocycles. The average molecular weight is 382 g/mol. The number of hydrogen-bond acceptors (Lipinski definition) is 4. The van der Waals surface area contributed by atoms with Crippen LogP contribution in [0, 0.1) is 5.92 Å². The minimum absolute atomic E-state index is 0.139. The van der Waals surface area contributed by atoms with Crippen LogP contribution in [0.15, 0.2) is 24.3 Å². The van der Waals surface area contributed by atoms with Crippen LogP contribution in [0.5, 0.6) is 5.75 Å². The Labute approximate surface area is 151 Å². The summed E-state index contributed by atoms with van der Waals surface area (Å²) in [5, 5.41) is 3.76. The molecule has 2 unspecified atom stereocenters. The summed E-state index contributed by atoms with van der Waals surface area (Å²) >= 11 is 1.05. The van der Waals surface area contributed by atoms with E-state index < -0.39 is 6.36 Å². The topological polar surface area (TPSA) is 41.6 Å². The Morgan fingerprint density at radius 1 is 1.35 bits per heavy atom. The minimum Gasteiger partial charge on any atom is -0.404 e. The van der Waals surface area contributed by atoms with E-state index in [2.05, 4.69) is 15.0 Å². The lowest BCUT2D eigenvalue weighted by Gasteiger charge is -2.33. The summed E-state index contributed by atoms with van der Waals surface area (Å²) < 4.78 is 42.2. The first-order valence-corrected chi connectivity index (χ1v) is 9.52. The lowest BCUT2D eigenvalue weighted by Crippen LogP contribution is -2.51. The van der Waals surface area contributed by atoms with Crippen LogP contribution in [0.3, 0.4) is 0 Å². The Hall–Kier alpha value is -1.80. The van der Waals surface area contributed by atoms with Gasteiger partial charge < -0.3 is 10.1 Å². The number of carbonyl (C=O) groups excluding carboxylic acids is 1. The van der Waals surface area contributed by atoms with Crippen molar-refractivity contribution in [3.63, 3.8) is 0 Å². The highest BCUT2D eigenvalue weighted by Crippen LogP contribution is 2.55. The first kappa shape index (κ1) is 16.4. The fraction of sp³-hybridized carbons (Fsp3) is 0.500. The fourth-order valence-corrected chi connectivity index (χ4v) is 5.68. The van der Waals surface area contributed by atoms with Gasteiger partial charge in [0.15, 0.2) is 0 Å². The number of ether oxygens (including phenoxy) is 1. The number of rotatable bonds is 3. The van der Waals surface area contributed by atoms with Crippen molar-refractivity contribution in [2.45, 2.75) is 37.2 Å². The van der Waals surface area contributed by atoms with Crippen molar-refractivity contribution >= 4 is 27.3 Å². The van der Waals surface area contributed by atoms with E-state index in [0.29, 0.717) is 20.9 Å². The van der Waals surface area contributed by atoms with Crippen molar-refractivity contribution in [3.8, 4) is 5.75 Å². The van der Waals surface area contributed by atoms with E-state index in [1.54, 1.807) is 12.1 Å². The second-order valence-electron chi connectivity index (χ2n) is 7.38. The molecule has 5 rings (SSSR count). The quantitative estimate of drug-likeness (QED) is 0.879. The molecule has 138 valence electrons. The molecule has 1 spiro atoms. The Kier molecular flexibility index (Phi) is 3.37. The van der Waals surface area contributed by atoms with Gasteiger partial charge in [-0.3, -0.25) is 9.69 Å². The van der Waals surface area contributed by atoms with Crippen LogP contribution in [-0.4, -0.2) is 41.8 Å². The molecule has 2 saturated heterocycles. The Bertz CT molecular complexity index is 890. The van der Waals surface area contributed by atoms with Gasteiger partial charge in [0.2, 0.25) is 0 Å². The molecule has 2 bridgehead atoms. The highest BCUT2D eigenvalue weighted by Gasteiger charge is 2.63. The van der Waals surface area contributed by atoms with Crippen molar-refractivity contribution in [1.82, 2.24) is 10.2 Å². The van der Waals surface area contributed by atoms with Gasteiger partial charge in [0.25, 0.3) is 5.91 Å². The van der Waals surface area contributed by atoms with Crippen LogP contribution >= 0.6 is 11.3 Å². The zero-order chi connectivity index (χ0) is 18.1. The molecule has 26 heavy (non-hydrogen) atoms. The monoisotopic (exact) mass is 382 g/mol. The van der Waals surface area contributed by atoms with Gasteiger partial charge in [0, 0.05) is 12.1 Å². The van der Waals surface area contributed by atoms with E-state index in [1.807, 2.05) is 0 Å². The van der Waals surface area contributed by atoms with E-state index in [9.17, 15) is 18.0 Å². The number of nitrogens with one attached hydrogen (secondary N) is 1. The van der Waals surface area contributed by atoms with Crippen LogP contribution in [0.25, 0.3) is 10.1 Å². The number of piperidine rings is 1. The molecule has 3 atom stereocenters. The second kappa shape index (κ2) is 5.36. The summed E-state index contributed by atoms with van der Waals surface area (Å²) in [5.41, 5.74) is 0.139. The van der Waals surface area contributed by atoms with Crippen molar-refractivity contribution in [1.29, 1.82) is 0 Å². The number of halogens is 3. The molecule has 3 aliphatic rings. The van der Waals surface area contributed by atoms with Crippen LogP contribution in [0.4, 0.5) is 13.2 Å². The van der Waals surface area contributed by atoms with Gasteiger partial charge in [0.05, 0.1) is 15.6 Å². The molecule has 1 amide bonds. The first-order chi connectivity index (χ1) is 12.4.